The van der Waals surface area contributed by atoms with Gasteiger partial charge in [-0.05, 0) is 58.2 Å². The van der Waals surface area contributed by atoms with E-state index in [4.69, 9.17) is 34.1 Å². The first-order chi connectivity index (χ1) is 25.6. The Hall–Kier alpha value is -3.53. The molecule has 15 nitrogen and oxygen atoms in total. The summed E-state index contributed by atoms with van der Waals surface area (Å²) in [6.07, 6.45) is 3.47. The van der Waals surface area contributed by atoms with Crippen LogP contribution in [0.2, 0.25) is 0 Å². The number of morpholine rings is 2. The molecule has 0 amide bonds. The fourth-order valence-electron chi connectivity index (χ4n) is 6.38. The van der Waals surface area contributed by atoms with E-state index in [1.165, 1.54) is 18.4 Å². The lowest BCUT2D eigenvalue weighted by atomic mass is 10.2. The molecule has 0 spiro atoms. The molecule has 0 aliphatic carbocycles. The van der Waals surface area contributed by atoms with Crippen molar-refractivity contribution in [1.29, 1.82) is 0 Å². The number of aromatic nitrogens is 7. The number of methoxy groups -OCH3 is 1. The van der Waals surface area contributed by atoms with Crippen LogP contribution in [0.3, 0.4) is 0 Å². The molecule has 2 fully saturated rings. The van der Waals surface area contributed by atoms with Gasteiger partial charge in [-0.3, -0.25) is 9.29 Å². The lowest BCUT2D eigenvalue weighted by Gasteiger charge is -2.33. The van der Waals surface area contributed by atoms with Crippen molar-refractivity contribution in [3.05, 3.63) is 49.7 Å². The van der Waals surface area contributed by atoms with Crippen molar-refractivity contribution < 1.29 is 22.6 Å². The first-order valence-electron chi connectivity index (χ1n) is 16.7. The summed E-state index contributed by atoms with van der Waals surface area (Å²) in [6, 6.07) is 1.71. The predicted molar refractivity (Wildman–Crippen MR) is 214 cm³/mol. The van der Waals surface area contributed by atoms with E-state index < -0.39 is 10.0 Å². The monoisotopic (exact) mass is 904 g/mol. The van der Waals surface area contributed by atoms with E-state index in [-0.39, 0.29) is 29.8 Å². The summed E-state index contributed by atoms with van der Waals surface area (Å²) in [5, 5.41) is 3.97. The summed E-state index contributed by atoms with van der Waals surface area (Å²) in [5.74, 6) is 2.67. The Bertz CT molecular complexity index is 2430. The maximum absolute atomic E-state index is 13.6. The summed E-state index contributed by atoms with van der Waals surface area (Å²) in [5.41, 5.74) is 3.97. The van der Waals surface area contributed by atoms with E-state index in [1.807, 2.05) is 40.3 Å². The number of nitrogens with one attached hydrogen (secondary N) is 1. The van der Waals surface area contributed by atoms with Crippen LogP contribution in [0.25, 0.3) is 37.5 Å². The number of hydrogen-bond donors (Lipinski definition) is 1. The zero-order chi connectivity index (χ0) is 36.9. The number of fused-ring (bicyclic) bond motifs is 2. The molecule has 0 saturated carbocycles. The van der Waals surface area contributed by atoms with E-state index in [0.717, 1.165) is 46.7 Å². The normalized spacial score (nSPS) is 16.9. The second kappa shape index (κ2) is 15.0. The zero-order valence-corrected chi connectivity index (χ0v) is 34.5. The van der Waals surface area contributed by atoms with Gasteiger partial charge in [0, 0.05) is 54.9 Å². The molecule has 1 unspecified atom stereocenters. The summed E-state index contributed by atoms with van der Waals surface area (Å²) in [7, 11) is -2.40. The highest BCUT2D eigenvalue weighted by atomic mass is 79.9. The van der Waals surface area contributed by atoms with Crippen molar-refractivity contribution in [2.75, 3.05) is 73.4 Å². The number of imidazole rings is 1. The van der Waals surface area contributed by atoms with Crippen LogP contribution < -0.4 is 19.3 Å². The molecule has 1 atom stereocenters. The Labute approximate surface area is 330 Å². The van der Waals surface area contributed by atoms with E-state index in [1.54, 1.807) is 23.6 Å². The highest BCUT2D eigenvalue weighted by Crippen LogP contribution is 2.39. The molecule has 2 aliphatic heterocycles. The van der Waals surface area contributed by atoms with Crippen LogP contribution in [0.5, 0.6) is 5.88 Å². The number of halogens is 2. The minimum atomic E-state index is -3.86. The van der Waals surface area contributed by atoms with Gasteiger partial charge in [-0.25, -0.2) is 33.3 Å². The Morgan fingerprint density at radius 3 is 2.36 bits per heavy atom. The summed E-state index contributed by atoms with van der Waals surface area (Å²) < 4.78 is 52.6. The minimum Gasteiger partial charge on any atom is -0.480 e. The smallest absolute Gasteiger partial charge is 0.238 e. The first kappa shape index (κ1) is 36.4. The number of thiophene rings is 2. The summed E-state index contributed by atoms with van der Waals surface area (Å²) in [6.45, 7) is 7.81. The second-order valence-electron chi connectivity index (χ2n) is 12.6. The Morgan fingerprint density at radius 1 is 0.943 bits per heavy atom. The van der Waals surface area contributed by atoms with Crippen molar-refractivity contribution in [2.24, 2.45) is 0 Å². The van der Waals surface area contributed by atoms with Gasteiger partial charge < -0.3 is 24.0 Å². The Kier molecular flexibility index (Phi) is 10.3. The lowest BCUT2D eigenvalue weighted by Crippen LogP contribution is -2.44. The Balaban J connectivity index is 1.01. The summed E-state index contributed by atoms with van der Waals surface area (Å²) >= 11 is 10.3. The van der Waals surface area contributed by atoms with Crippen molar-refractivity contribution in [3.8, 4) is 23.0 Å². The second-order valence-corrected chi connectivity index (χ2v) is 17.9. The number of ether oxygens (including phenoxy) is 3. The molecule has 8 rings (SSSR count). The fraction of sp³-hybridized carbons (Fsp3) is 0.394. The molecule has 6 aromatic heterocycles. The number of aryl methyl sites for hydroxylation is 2. The van der Waals surface area contributed by atoms with E-state index in [9.17, 15) is 8.42 Å². The number of pyridine rings is 1. The van der Waals surface area contributed by atoms with Gasteiger partial charge >= 0.3 is 0 Å². The van der Waals surface area contributed by atoms with Crippen LogP contribution in [-0.2, 0) is 19.5 Å². The number of nitrogens with zero attached hydrogens (tertiary/aromatic N) is 9. The van der Waals surface area contributed by atoms with Crippen LogP contribution in [-0.4, -0.2) is 108 Å². The predicted octanol–water partition coefficient (Wildman–Crippen LogP) is 5.97. The molecule has 0 bridgehead atoms. The number of rotatable bonds is 10. The molecule has 0 aromatic carbocycles. The third-order valence-corrected chi connectivity index (χ3v) is 14.0. The van der Waals surface area contributed by atoms with Gasteiger partial charge in [0.15, 0.2) is 5.82 Å². The SMILES string of the molecule is COc1ncc(-c2nc(N3CCOCC3)nc3c(Br)csc23)cc1NS(=O)(=O)CCC1CN(c2nc(-n3cc(C)nc3C)c3scc(Br)c3n2)CCO1. The molecule has 6 aromatic rings. The Morgan fingerprint density at radius 2 is 1.64 bits per heavy atom. The van der Waals surface area contributed by atoms with Crippen molar-refractivity contribution >= 4 is 103 Å². The maximum Gasteiger partial charge on any atom is 0.238 e. The van der Waals surface area contributed by atoms with Crippen LogP contribution in [0.15, 0.2) is 38.2 Å². The number of anilines is 3. The fourth-order valence-corrected chi connectivity index (χ4v) is 10.7. The zero-order valence-electron chi connectivity index (χ0n) is 28.9. The third-order valence-electron chi connectivity index (χ3n) is 8.94. The van der Waals surface area contributed by atoms with Gasteiger partial charge in [0.25, 0.3) is 0 Å². The molecule has 1 N–H and O–H groups in total. The van der Waals surface area contributed by atoms with Crippen molar-refractivity contribution in [1.82, 2.24) is 34.5 Å². The number of hydrogen-bond acceptors (Lipinski definition) is 15. The average molecular weight is 907 g/mol. The highest BCUT2D eigenvalue weighted by molar-refractivity contribution is 9.11. The first-order valence-corrected chi connectivity index (χ1v) is 21.7. The molecular formula is C33H34Br2N10O5S3. The molecular weight excluding hydrogens is 872 g/mol. The minimum absolute atomic E-state index is 0.148. The van der Waals surface area contributed by atoms with Gasteiger partial charge in [0.05, 0.1) is 68.5 Å². The molecule has 2 aliphatic rings. The van der Waals surface area contributed by atoms with E-state index in [2.05, 4.69) is 51.4 Å². The van der Waals surface area contributed by atoms with E-state index in [0.29, 0.717) is 69.2 Å². The number of sulfonamides is 1. The standard InChI is InChI=1S/C33H34Br2N10O5S3/c1-18-14-45(19(2)37-18)30-29-27(23(35)17-52-29)40-33(41-30)44-7-10-50-21(15-44)4-11-53(46,47)42-24-12-20(13-36-31(24)48-3)25-28-26(22(34)16-51-28)39-32(38-25)43-5-8-49-9-6-43/h12-14,16-17,21,42H,4-11,15H2,1-3H3. The molecule has 8 heterocycles. The van der Waals surface area contributed by atoms with Gasteiger partial charge in [0.2, 0.25) is 27.8 Å². The quantitative estimate of drug-likeness (QED) is 0.171. The van der Waals surface area contributed by atoms with Crippen LogP contribution in [0.4, 0.5) is 17.6 Å². The third kappa shape index (κ3) is 7.46. The molecule has 2 saturated heterocycles. The van der Waals surface area contributed by atoms with Gasteiger partial charge in [0.1, 0.15) is 22.5 Å². The molecule has 53 heavy (non-hydrogen) atoms. The van der Waals surface area contributed by atoms with Crippen LogP contribution in [0, 0.1) is 13.8 Å². The van der Waals surface area contributed by atoms with Crippen molar-refractivity contribution in [2.45, 2.75) is 26.4 Å². The maximum atomic E-state index is 13.6. The van der Waals surface area contributed by atoms with Crippen LogP contribution >= 0.6 is 54.5 Å². The lowest BCUT2D eigenvalue weighted by molar-refractivity contribution is 0.0384. The molecule has 20 heteroatoms. The van der Waals surface area contributed by atoms with Gasteiger partial charge in [-0.2, -0.15) is 4.98 Å². The van der Waals surface area contributed by atoms with Crippen LogP contribution in [0.1, 0.15) is 17.9 Å². The molecule has 0 radical (unpaired) electrons. The molecule has 278 valence electrons. The largest absolute Gasteiger partial charge is 0.480 e. The average Bonchev–Trinajstić information content (AvgIpc) is 3.85. The van der Waals surface area contributed by atoms with E-state index >= 15 is 0 Å². The highest BCUT2D eigenvalue weighted by Gasteiger charge is 2.28. The van der Waals surface area contributed by atoms with Gasteiger partial charge in [-0.15, -0.1) is 22.7 Å². The van der Waals surface area contributed by atoms with Gasteiger partial charge in [-0.1, -0.05) is 0 Å². The topological polar surface area (TPSA) is 163 Å². The summed E-state index contributed by atoms with van der Waals surface area (Å²) in [4.78, 5) is 32.8. The van der Waals surface area contributed by atoms with Crippen molar-refractivity contribution in [3.63, 3.8) is 0 Å².